The molecule has 2 aromatic carbocycles. The van der Waals surface area contributed by atoms with E-state index < -0.39 is 21.7 Å². The minimum Gasteiger partial charge on any atom is -0.322 e. The monoisotopic (exact) mass is 467 g/mol. The van der Waals surface area contributed by atoms with Crippen LogP contribution in [0.1, 0.15) is 15.9 Å². The third-order valence-corrected chi connectivity index (χ3v) is 7.00. The first-order valence-electron chi connectivity index (χ1n) is 8.39. The van der Waals surface area contributed by atoms with Gasteiger partial charge in [0, 0.05) is 11.3 Å². The van der Waals surface area contributed by atoms with E-state index in [1.807, 2.05) is 0 Å². The molecule has 0 saturated carbocycles. The number of sulfonamides is 1. The average molecular weight is 468 g/mol. The zero-order valence-corrected chi connectivity index (χ0v) is 17.8. The van der Waals surface area contributed by atoms with Crippen molar-refractivity contribution < 1.29 is 22.4 Å². The van der Waals surface area contributed by atoms with Gasteiger partial charge in [0.1, 0.15) is 10.0 Å². The smallest absolute Gasteiger partial charge is 0.267 e. The summed E-state index contributed by atoms with van der Waals surface area (Å²) in [5.74, 6) is -1.04. The SMILES string of the molecule is Cc1cc(N(C=O)NS(=O)(=O)c2ccc(Cl)s2)ccc1NC(=O)c1cccc(F)c1. The topological polar surface area (TPSA) is 95.6 Å². The number of hydrazine groups is 1. The number of hydrogen-bond donors (Lipinski definition) is 2. The third kappa shape index (κ3) is 5.03. The van der Waals surface area contributed by atoms with Crippen molar-refractivity contribution in [2.24, 2.45) is 0 Å². The number of nitrogens with one attached hydrogen (secondary N) is 2. The van der Waals surface area contributed by atoms with Gasteiger partial charge in [-0.15, -0.1) is 16.2 Å². The van der Waals surface area contributed by atoms with Crippen LogP contribution in [0, 0.1) is 12.7 Å². The Morgan fingerprint density at radius 2 is 1.93 bits per heavy atom. The molecule has 0 fully saturated rings. The molecule has 1 heterocycles. The number of hydrogen-bond acceptors (Lipinski definition) is 5. The molecular weight excluding hydrogens is 453 g/mol. The van der Waals surface area contributed by atoms with Crippen LogP contribution in [0.3, 0.4) is 0 Å². The van der Waals surface area contributed by atoms with E-state index in [1.165, 1.54) is 48.5 Å². The number of anilines is 2. The Morgan fingerprint density at radius 1 is 1.17 bits per heavy atom. The summed E-state index contributed by atoms with van der Waals surface area (Å²) in [6.07, 6.45) is 0.312. The Labute approximate surface area is 181 Å². The molecule has 156 valence electrons. The fourth-order valence-electron chi connectivity index (χ4n) is 2.51. The van der Waals surface area contributed by atoms with Crippen LogP contribution in [0.2, 0.25) is 4.34 Å². The van der Waals surface area contributed by atoms with E-state index in [4.69, 9.17) is 11.6 Å². The number of carbonyl (C=O) groups is 2. The van der Waals surface area contributed by atoms with Crippen molar-refractivity contribution in [2.75, 3.05) is 10.3 Å². The highest BCUT2D eigenvalue weighted by Gasteiger charge is 2.21. The summed E-state index contributed by atoms with van der Waals surface area (Å²) in [7, 11) is -4.01. The van der Waals surface area contributed by atoms with Gasteiger partial charge in [-0.25, -0.2) is 17.8 Å². The second kappa shape index (κ2) is 8.92. The number of halogens is 2. The Morgan fingerprint density at radius 3 is 2.53 bits per heavy atom. The van der Waals surface area contributed by atoms with Crippen molar-refractivity contribution >= 4 is 56.7 Å². The normalized spacial score (nSPS) is 11.2. The van der Waals surface area contributed by atoms with Crippen LogP contribution in [0.4, 0.5) is 15.8 Å². The molecule has 0 saturated heterocycles. The molecule has 0 aliphatic rings. The van der Waals surface area contributed by atoms with Gasteiger partial charge in [-0.2, -0.15) is 0 Å². The first-order chi connectivity index (χ1) is 14.2. The molecule has 7 nitrogen and oxygen atoms in total. The van der Waals surface area contributed by atoms with E-state index >= 15 is 0 Å². The molecule has 11 heteroatoms. The summed E-state index contributed by atoms with van der Waals surface area (Å²) in [4.78, 5) is 25.9. The van der Waals surface area contributed by atoms with Gasteiger partial charge in [0.25, 0.3) is 15.9 Å². The minimum absolute atomic E-state index is 0.0463. The van der Waals surface area contributed by atoms with E-state index in [-0.39, 0.29) is 15.5 Å². The van der Waals surface area contributed by atoms with Crippen LogP contribution in [0.25, 0.3) is 0 Å². The minimum atomic E-state index is -4.01. The summed E-state index contributed by atoms with van der Waals surface area (Å²) in [6, 6.07) is 12.5. The molecule has 3 aromatic rings. The van der Waals surface area contributed by atoms with Crippen LogP contribution in [-0.2, 0) is 14.8 Å². The quantitative estimate of drug-likeness (QED) is 0.406. The predicted molar refractivity (Wildman–Crippen MR) is 114 cm³/mol. The number of carbonyl (C=O) groups excluding carboxylic acids is 2. The average Bonchev–Trinajstić information content (AvgIpc) is 3.15. The van der Waals surface area contributed by atoms with Gasteiger partial charge < -0.3 is 5.32 Å². The molecule has 0 aliphatic carbocycles. The summed E-state index contributed by atoms with van der Waals surface area (Å²) in [5.41, 5.74) is 1.36. The molecule has 2 N–H and O–H groups in total. The molecule has 0 radical (unpaired) electrons. The number of rotatable bonds is 7. The van der Waals surface area contributed by atoms with Crippen LogP contribution in [0.15, 0.2) is 58.8 Å². The highest BCUT2D eigenvalue weighted by Crippen LogP contribution is 2.27. The van der Waals surface area contributed by atoms with E-state index in [9.17, 15) is 22.4 Å². The molecule has 2 amide bonds. The molecule has 3 rings (SSSR count). The van der Waals surface area contributed by atoms with Crippen LogP contribution in [-0.4, -0.2) is 20.7 Å². The Balaban J connectivity index is 1.79. The largest absolute Gasteiger partial charge is 0.322 e. The molecular formula is C19H15ClFN3O4S2. The molecule has 1 aromatic heterocycles. The standard InChI is InChI=1S/C19H15ClFN3O4S2/c1-12-9-15(24(11-25)23-30(27,28)18-8-7-17(20)29-18)5-6-16(12)22-19(26)13-3-2-4-14(21)10-13/h2-11,23H,1H3,(H,22,26). The van der Waals surface area contributed by atoms with E-state index in [0.717, 1.165) is 22.4 Å². The Bertz CT molecular complexity index is 1210. The van der Waals surface area contributed by atoms with Gasteiger partial charge in [-0.1, -0.05) is 17.7 Å². The maximum absolute atomic E-state index is 13.3. The van der Waals surface area contributed by atoms with Crippen LogP contribution < -0.4 is 15.2 Å². The number of aryl methyl sites for hydroxylation is 1. The lowest BCUT2D eigenvalue weighted by Crippen LogP contribution is -2.41. The van der Waals surface area contributed by atoms with Gasteiger partial charge in [-0.3, -0.25) is 9.59 Å². The summed E-state index contributed by atoms with van der Waals surface area (Å²) in [6.45, 7) is 1.67. The van der Waals surface area contributed by atoms with E-state index in [1.54, 1.807) is 6.92 Å². The molecule has 0 bridgehead atoms. The van der Waals surface area contributed by atoms with Gasteiger partial charge in [0.05, 0.1) is 10.0 Å². The molecule has 0 spiro atoms. The molecule has 30 heavy (non-hydrogen) atoms. The van der Waals surface area contributed by atoms with Crippen LogP contribution in [0.5, 0.6) is 0 Å². The van der Waals surface area contributed by atoms with Gasteiger partial charge >= 0.3 is 0 Å². The van der Waals surface area contributed by atoms with Gasteiger partial charge in [0.15, 0.2) is 0 Å². The van der Waals surface area contributed by atoms with Crippen molar-refractivity contribution in [3.8, 4) is 0 Å². The molecule has 0 aliphatic heterocycles. The van der Waals surface area contributed by atoms with Crippen molar-refractivity contribution in [3.63, 3.8) is 0 Å². The summed E-state index contributed by atoms with van der Waals surface area (Å²) < 4.78 is 38.4. The maximum Gasteiger partial charge on any atom is 0.267 e. The number of thiophene rings is 1. The predicted octanol–water partition coefficient (Wildman–Crippen LogP) is 3.96. The first-order valence-corrected chi connectivity index (χ1v) is 11.1. The van der Waals surface area contributed by atoms with Crippen molar-refractivity contribution in [2.45, 2.75) is 11.1 Å². The highest BCUT2D eigenvalue weighted by atomic mass is 35.5. The fraction of sp³-hybridized carbons (Fsp3) is 0.0526. The number of benzene rings is 2. The highest BCUT2D eigenvalue weighted by molar-refractivity contribution is 7.91. The molecule has 0 unspecified atom stereocenters. The lowest BCUT2D eigenvalue weighted by atomic mass is 10.1. The zero-order valence-electron chi connectivity index (χ0n) is 15.4. The second-order valence-corrected chi connectivity index (χ2v) is 9.70. The summed E-state index contributed by atoms with van der Waals surface area (Å²) in [5, 5.41) is 3.45. The lowest BCUT2D eigenvalue weighted by Gasteiger charge is -2.19. The second-order valence-electron chi connectivity index (χ2n) is 6.09. The third-order valence-electron chi connectivity index (χ3n) is 3.96. The maximum atomic E-state index is 13.3. The van der Waals surface area contributed by atoms with Gasteiger partial charge in [0.2, 0.25) is 6.41 Å². The summed E-state index contributed by atoms with van der Waals surface area (Å²) >= 11 is 6.63. The Kier molecular flexibility index (Phi) is 6.52. The van der Waals surface area contributed by atoms with Crippen molar-refractivity contribution in [1.82, 2.24) is 4.83 Å². The van der Waals surface area contributed by atoms with Crippen molar-refractivity contribution in [1.29, 1.82) is 0 Å². The van der Waals surface area contributed by atoms with E-state index in [0.29, 0.717) is 22.0 Å². The first kappa shape index (κ1) is 21.9. The molecule has 0 atom stereocenters. The zero-order chi connectivity index (χ0) is 21.9. The van der Waals surface area contributed by atoms with Gasteiger partial charge in [-0.05, 0) is 61.0 Å². The lowest BCUT2D eigenvalue weighted by molar-refractivity contribution is -0.107. The number of amides is 2. The van der Waals surface area contributed by atoms with Crippen molar-refractivity contribution in [3.05, 3.63) is 75.9 Å². The van der Waals surface area contributed by atoms with Crippen LogP contribution >= 0.6 is 22.9 Å². The number of nitrogens with zero attached hydrogens (tertiary/aromatic N) is 1. The Hall–Kier alpha value is -2.79. The van der Waals surface area contributed by atoms with E-state index in [2.05, 4.69) is 10.1 Å². The fourth-order valence-corrected chi connectivity index (χ4v) is 4.99.